The highest BCUT2D eigenvalue weighted by atomic mass is 32.2. The average molecular weight is 401 g/mol. The minimum Gasteiger partial charge on any atom is -0.0894 e. The van der Waals surface area contributed by atoms with Gasteiger partial charge in [0.2, 0.25) is 0 Å². The molecule has 0 atom stereocenters. The number of hydrogen-bond acceptors (Lipinski definition) is 1. The Hall–Kier alpha value is -3.29. The van der Waals surface area contributed by atoms with Gasteiger partial charge in [0.25, 0.3) is 0 Å². The topological polar surface area (TPSA) is 0 Å². The van der Waals surface area contributed by atoms with Crippen LogP contribution in [-0.2, 0) is 5.41 Å². The Morgan fingerprint density at radius 3 is 1.63 bits per heavy atom. The van der Waals surface area contributed by atoms with Crippen LogP contribution in [0.15, 0.2) is 131 Å². The van der Waals surface area contributed by atoms with E-state index in [1.165, 1.54) is 42.8 Å². The molecule has 0 bridgehead atoms. The predicted octanol–water partition coefficient (Wildman–Crippen LogP) is 7.69. The summed E-state index contributed by atoms with van der Waals surface area (Å²) in [5.74, 6) is 0. The molecule has 0 radical (unpaired) electrons. The van der Waals surface area contributed by atoms with E-state index in [1.54, 1.807) is 0 Å². The Kier molecular flexibility index (Phi) is 4.04. The van der Waals surface area contributed by atoms with Gasteiger partial charge in [0.15, 0.2) is 0 Å². The average Bonchev–Trinajstić information content (AvgIpc) is 2.82. The van der Waals surface area contributed by atoms with Crippen LogP contribution in [0.1, 0.15) is 22.3 Å². The van der Waals surface area contributed by atoms with Gasteiger partial charge in [-0.3, -0.25) is 0 Å². The summed E-state index contributed by atoms with van der Waals surface area (Å²) in [5, 5.41) is 2.57. The van der Waals surface area contributed by atoms with Crippen molar-refractivity contribution >= 4 is 22.5 Å². The zero-order chi connectivity index (χ0) is 20.0. The Morgan fingerprint density at radius 1 is 0.433 bits per heavy atom. The molecule has 0 nitrogen and oxygen atoms in total. The molecule has 0 saturated carbocycles. The van der Waals surface area contributed by atoms with E-state index in [1.807, 2.05) is 11.8 Å². The van der Waals surface area contributed by atoms with Gasteiger partial charge in [0, 0.05) is 9.79 Å². The number of hydrogen-bond donors (Lipinski definition) is 0. The highest BCUT2D eigenvalue weighted by Crippen LogP contribution is 2.56. The summed E-state index contributed by atoms with van der Waals surface area (Å²) < 4.78 is 0. The molecular weight excluding hydrogens is 380 g/mol. The smallest absolute Gasteiger partial charge is 0.0723 e. The van der Waals surface area contributed by atoms with Gasteiger partial charge in [-0.05, 0) is 51.2 Å². The van der Waals surface area contributed by atoms with Crippen molar-refractivity contribution in [2.24, 2.45) is 0 Å². The van der Waals surface area contributed by atoms with Crippen molar-refractivity contribution in [3.05, 3.63) is 144 Å². The van der Waals surface area contributed by atoms with Gasteiger partial charge in [-0.15, -0.1) is 0 Å². The lowest BCUT2D eigenvalue weighted by Gasteiger charge is -2.42. The fraction of sp³-hybridized carbons (Fsp3) is 0.0345. The molecule has 5 aromatic rings. The summed E-state index contributed by atoms with van der Waals surface area (Å²) in [4.78, 5) is 2.66. The van der Waals surface area contributed by atoms with Crippen LogP contribution in [0, 0.1) is 0 Å². The lowest BCUT2D eigenvalue weighted by atomic mass is 9.64. The quantitative estimate of drug-likeness (QED) is 0.287. The Labute approximate surface area is 181 Å². The third-order valence-corrected chi connectivity index (χ3v) is 7.31. The first kappa shape index (κ1) is 17.6. The van der Waals surface area contributed by atoms with Gasteiger partial charge in [0.05, 0.1) is 5.41 Å². The number of benzene rings is 5. The summed E-state index contributed by atoms with van der Waals surface area (Å²) in [6, 6.07) is 44.3. The van der Waals surface area contributed by atoms with Crippen molar-refractivity contribution in [2.75, 3.05) is 0 Å². The third-order valence-electron chi connectivity index (χ3n) is 6.18. The van der Waals surface area contributed by atoms with E-state index < -0.39 is 0 Å². The fourth-order valence-corrected chi connectivity index (χ4v) is 6.11. The van der Waals surface area contributed by atoms with E-state index in [-0.39, 0.29) is 5.41 Å². The van der Waals surface area contributed by atoms with Crippen molar-refractivity contribution in [1.29, 1.82) is 0 Å². The zero-order valence-electron chi connectivity index (χ0n) is 16.5. The number of rotatable bonds is 2. The lowest BCUT2D eigenvalue weighted by molar-refractivity contribution is 0.704. The first-order valence-corrected chi connectivity index (χ1v) is 11.1. The molecule has 1 aliphatic rings. The van der Waals surface area contributed by atoms with Crippen LogP contribution >= 0.6 is 11.8 Å². The molecule has 6 rings (SSSR count). The van der Waals surface area contributed by atoms with Crippen molar-refractivity contribution in [3.63, 3.8) is 0 Å². The van der Waals surface area contributed by atoms with Crippen LogP contribution in [-0.4, -0.2) is 0 Å². The molecule has 0 unspecified atom stereocenters. The van der Waals surface area contributed by atoms with Crippen LogP contribution in [0.4, 0.5) is 0 Å². The highest BCUT2D eigenvalue weighted by Gasteiger charge is 2.44. The normalized spacial score (nSPS) is 14.1. The molecule has 1 heteroatoms. The maximum absolute atomic E-state index is 2.41. The SMILES string of the molecule is c1ccc(C2(c3ccccc3)c3ccccc3Sc3cc4ccccc4cc32)cc1. The summed E-state index contributed by atoms with van der Waals surface area (Å²) in [6.45, 7) is 0. The van der Waals surface area contributed by atoms with E-state index in [9.17, 15) is 0 Å². The van der Waals surface area contributed by atoms with E-state index in [0.29, 0.717) is 0 Å². The first-order chi connectivity index (χ1) is 14.9. The second kappa shape index (κ2) is 6.90. The molecule has 0 fully saturated rings. The van der Waals surface area contributed by atoms with Crippen molar-refractivity contribution in [3.8, 4) is 0 Å². The minimum atomic E-state index is -0.344. The van der Waals surface area contributed by atoms with Crippen LogP contribution < -0.4 is 0 Å². The Balaban J connectivity index is 1.81. The molecule has 1 aliphatic heterocycles. The second-order valence-electron chi connectivity index (χ2n) is 7.78. The molecule has 0 aromatic heterocycles. The van der Waals surface area contributed by atoms with Crippen LogP contribution in [0.2, 0.25) is 0 Å². The summed E-state index contributed by atoms with van der Waals surface area (Å²) in [7, 11) is 0. The maximum atomic E-state index is 2.41. The van der Waals surface area contributed by atoms with Crippen molar-refractivity contribution in [2.45, 2.75) is 15.2 Å². The third kappa shape index (κ3) is 2.49. The Morgan fingerprint density at radius 2 is 0.967 bits per heavy atom. The maximum Gasteiger partial charge on any atom is 0.0723 e. The fourth-order valence-electron chi connectivity index (χ4n) is 4.89. The van der Waals surface area contributed by atoms with E-state index in [4.69, 9.17) is 0 Å². The van der Waals surface area contributed by atoms with Crippen molar-refractivity contribution < 1.29 is 0 Å². The molecule has 1 heterocycles. The van der Waals surface area contributed by atoms with Crippen LogP contribution in [0.3, 0.4) is 0 Å². The van der Waals surface area contributed by atoms with E-state index in [0.717, 1.165) is 0 Å². The van der Waals surface area contributed by atoms with Gasteiger partial charge in [-0.2, -0.15) is 0 Å². The largest absolute Gasteiger partial charge is 0.0894 e. The molecule has 0 aliphatic carbocycles. The molecule has 0 amide bonds. The summed E-state index contributed by atoms with van der Waals surface area (Å²) in [6.07, 6.45) is 0. The van der Waals surface area contributed by atoms with E-state index in [2.05, 4.69) is 121 Å². The first-order valence-electron chi connectivity index (χ1n) is 10.3. The minimum absolute atomic E-state index is 0.344. The lowest BCUT2D eigenvalue weighted by Crippen LogP contribution is -2.34. The van der Waals surface area contributed by atoms with Gasteiger partial charge in [0.1, 0.15) is 0 Å². The standard InChI is InChI=1S/C29H20S/c1-3-13-23(14-4-1)29(24-15-5-2-6-16-24)25-17-9-10-18-27(25)30-28-20-22-12-8-7-11-21(22)19-26(28)29/h1-20H. The molecule has 0 saturated heterocycles. The van der Waals surface area contributed by atoms with E-state index >= 15 is 0 Å². The molecular formula is C29H20S. The summed E-state index contributed by atoms with van der Waals surface area (Å²) in [5.41, 5.74) is 4.99. The molecule has 0 N–H and O–H groups in total. The zero-order valence-corrected chi connectivity index (χ0v) is 17.3. The predicted molar refractivity (Wildman–Crippen MR) is 126 cm³/mol. The molecule has 142 valence electrons. The molecule has 30 heavy (non-hydrogen) atoms. The van der Waals surface area contributed by atoms with Crippen LogP contribution in [0.5, 0.6) is 0 Å². The van der Waals surface area contributed by atoms with Crippen LogP contribution in [0.25, 0.3) is 10.8 Å². The summed E-state index contributed by atoms with van der Waals surface area (Å²) >= 11 is 1.89. The highest BCUT2D eigenvalue weighted by molar-refractivity contribution is 7.99. The van der Waals surface area contributed by atoms with Crippen molar-refractivity contribution in [1.82, 2.24) is 0 Å². The van der Waals surface area contributed by atoms with Gasteiger partial charge >= 0.3 is 0 Å². The monoisotopic (exact) mass is 400 g/mol. The number of fused-ring (bicyclic) bond motifs is 3. The van der Waals surface area contributed by atoms with Gasteiger partial charge in [-0.1, -0.05) is 115 Å². The molecule has 5 aromatic carbocycles. The molecule has 0 spiro atoms. The van der Waals surface area contributed by atoms with Gasteiger partial charge < -0.3 is 0 Å². The second-order valence-corrected chi connectivity index (χ2v) is 8.86. The van der Waals surface area contributed by atoms with Gasteiger partial charge in [-0.25, -0.2) is 0 Å². The Bertz CT molecular complexity index is 1310.